The number of esters is 3. The van der Waals surface area contributed by atoms with E-state index in [0.717, 1.165) is 6.92 Å². The van der Waals surface area contributed by atoms with Crippen molar-refractivity contribution < 1.29 is 38.3 Å². The van der Waals surface area contributed by atoms with E-state index >= 15 is 0 Å². The predicted octanol–water partition coefficient (Wildman–Crippen LogP) is 2.07. The van der Waals surface area contributed by atoms with Gasteiger partial charge >= 0.3 is 17.9 Å². The molecule has 0 N–H and O–H groups in total. The van der Waals surface area contributed by atoms with Crippen molar-refractivity contribution in [3.05, 3.63) is 16.3 Å². The molecule has 0 unspecified atom stereocenters. The first-order valence-corrected chi connectivity index (χ1v) is 12.5. The van der Waals surface area contributed by atoms with E-state index in [0.29, 0.717) is 5.16 Å². The van der Waals surface area contributed by atoms with E-state index in [1.807, 2.05) is 0 Å². The minimum Gasteiger partial charge on any atom is -0.463 e. The number of nitrogens with zero attached hydrogens (tertiary/aromatic N) is 6. The van der Waals surface area contributed by atoms with Gasteiger partial charge in [-0.2, -0.15) is 0 Å². The maximum atomic E-state index is 11.9. The monoisotopic (exact) mass is 554 g/mol. The minimum atomic E-state index is -1.16. The fourth-order valence-corrected chi connectivity index (χ4v) is 3.68. The van der Waals surface area contributed by atoms with Gasteiger partial charge in [0.2, 0.25) is 0 Å². The summed E-state index contributed by atoms with van der Waals surface area (Å²) in [5.74, 6) is -1.84. The highest BCUT2D eigenvalue weighted by molar-refractivity contribution is 7.98. The fraction of sp³-hybridized carbons (Fsp3) is 0.545. The molecule has 0 aromatic carbocycles. The lowest BCUT2D eigenvalue weighted by molar-refractivity contribution is -0.383. The molecule has 0 aliphatic carbocycles. The van der Waals surface area contributed by atoms with Gasteiger partial charge in [0.05, 0.1) is 17.5 Å². The summed E-state index contributed by atoms with van der Waals surface area (Å²) < 4.78 is 22.9. The minimum absolute atomic E-state index is 0.0934. The van der Waals surface area contributed by atoms with Crippen molar-refractivity contribution in [2.24, 2.45) is 4.99 Å². The number of rotatable bonds is 13. The number of aliphatic imine (C=N–C) groups is 1. The maximum absolute atomic E-state index is 11.9. The van der Waals surface area contributed by atoms with E-state index < -0.39 is 41.1 Å². The lowest BCUT2D eigenvalue weighted by Crippen LogP contribution is -2.45. The summed E-state index contributed by atoms with van der Waals surface area (Å²) in [6.07, 6.45) is 1.18. The van der Waals surface area contributed by atoms with Gasteiger partial charge in [-0.3, -0.25) is 24.5 Å². The van der Waals surface area contributed by atoms with Gasteiger partial charge in [0.1, 0.15) is 30.9 Å². The number of aromatic nitrogens is 3. The Morgan fingerprint density at radius 1 is 1.18 bits per heavy atom. The van der Waals surface area contributed by atoms with Gasteiger partial charge in [-0.1, -0.05) is 11.8 Å². The zero-order valence-electron chi connectivity index (χ0n) is 22.1. The molecule has 0 saturated heterocycles. The Kier molecular flexibility index (Phi) is 10.9. The van der Waals surface area contributed by atoms with Crippen LogP contribution < -0.4 is 0 Å². The molecule has 15 nitrogen and oxygen atoms in total. The number of ether oxygens (including phenoxy) is 4. The third-order valence-electron chi connectivity index (χ3n) is 4.81. The second kappa shape index (κ2) is 13.7. The van der Waals surface area contributed by atoms with Crippen LogP contribution in [0.3, 0.4) is 0 Å². The third kappa shape index (κ3) is 8.37. The molecule has 0 aliphatic rings. The second-order valence-electron chi connectivity index (χ2n) is 8.21. The van der Waals surface area contributed by atoms with Gasteiger partial charge < -0.3 is 28.4 Å². The number of hydrogen-bond acceptors (Lipinski definition) is 13. The van der Waals surface area contributed by atoms with E-state index in [9.17, 15) is 24.5 Å². The van der Waals surface area contributed by atoms with Gasteiger partial charge in [0, 0.05) is 34.9 Å². The van der Waals surface area contributed by atoms with Crippen molar-refractivity contribution in [3.63, 3.8) is 0 Å². The van der Waals surface area contributed by atoms with Crippen LogP contribution in [0.1, 0.15) is 27.7 Å². The zero-order chi connectivity index (χ0) is 28.6. The first-order valence-electron chi connectivity index (χ1n) is 11.2. The highest BCUT2D eigenvalue weighted by Gasteiger charge is 2.34. The van der Waals surface area contributed by atoms with Crippen molar-refractivity contribution in [1.82, 2.24) is 19.4 Å². The molecule has 0 saturated carbocycles. The number of fused-ring (bicyclic) bond motifs is 1. The molecule has 2 aromatic rings. The smallest absolute Gasteiger partial charge is 0.303 e. The quantitative estimate of drug-likeness (QED) is 0.0514. The van der Waals surface area contributed by atoms with E-state index in [4.69, 9.17) is 18.9 Å². The average molecular weight is 555 g/mol. The first-order chi connectivity index (χ1) is 17.8. The van der Waals surface area contributed by atoms with Crippen molar-refractivity contribution in [1.29, 1.82) is 0 Å². The zero-order valence-corrected chi connectivity index (χ0v) is 22.9. The van der Waals surface area contributed by atoms with Crippen LogP contribution in [0.25, 0.3) is 11.0 Å². The van der Waals surface area contributed by atoms with Gasteiger partial charge in [-0.05, 0) is 13.2 Å². The first kappa shape index (κ1) is 30.4. The molecule has 208 valence electrons. The van der Waals surface area contributed by atoms with Gasteiger partial charge in [-0.25, -0.2) is 15.0 Å². The number of carbonyl (C=O) groups excluding carboxylic acids is 3. The third-order valence-corrected chi connectivity index (χ3v) is 5.36. The van der Waals surface area contributed by atoms with Gasteiger partial charge in [0.15, 0.2) is 22.7 Å². The van der Waals surface area contributed by atoms with E-state index in [2.05, 4.69) is 15.0 Å². The summed E-state index contributed by atoms with van der Waals surface area (Å²) in [6.45, 7) is 4.34. The summed E-state index contributed by atoms with van der Waals surface area (Å²) in [4.78, 5) is 60.7. The highest BCUT2D eigenvalue weighted by atomic mass is 32.2. The van der Waals surface area contributed by atoms with Gasteiger partial charge in [-0.15, -0.1) is 0 Å². The van der Waals surface area contributed by atoms with Crippen molar-refractivity contribution in [2.45, 2.75) is 57.9 Å². The number of nitro groups is 1. The van der Waals surface area contributed by atoms with Crippen molar-refractivity contribution >= 4 is 58.5 Å². The van der Waals surface area contributed by atoms with Crippen LogP contribution in [0.2, 0.25) is 0 Å². The van der Waals surface area contributed by atoms with Crippen LogP contribution in [0.15, 0.2) is 16.3 Å². The molecule has 16 heteroatoms. The van der Waals surface area contributed by atoms with Gasteiger partial charge in [0.25, 0.3) is 5.69 Å². The number of hydrogen-bond donors (Lipinski definition) is 0. The largest absolute Gasteiger partial charge is 0.463 e. The Balaban J connectivity index is 2.55. The van der Waals surface area contributed by atoms with E-state index in [1.54, 1.807) is 25.3 Å². The Morgan fingerprint density at radius 3 is 2.37 bits per heavy atom. The molecule has 0 spiro atoms. The van der Waals surface area contributed by atoms with E-state index in [1.165, 1.54) is 49.6 Å². The highest BCUT2D eigenvalue weighted by Crippen LogP contribution is 2.35. The molecule has 2 heterocycles. The van der Waals surface area contributed by atoms with Crippen LogP contribution in [-0.4, -0.2) is 93.9 Å². The second-order valence-corrected chi connectivity index (χ2v) is 8.98. The lowest BCUT2D eigenvalue weighted by Gasteiger charge is -2.30. The SMILES string of the molecule is CSc1nc(/N=C/N(C)C)c2c([N+](=O)[O-])cn(CO[C@H](COC(C)=O)[C@@H](OC(C)=O)[C@H](C)OC(C)=O)c2n1. The maximum Gasteiger partial charge on any atom is 0.303 e. The normalized spacial score (nSPS) is 13.7. The molecule has 0 fully saturated rings. The standard InChI is InChI=1S/C22H30N6O9S/c1-12(36-14(3)30)19(37-15(4)31)17(9-34-13(2)29)35-11-27-8-16(28(32)33)18-20(23-10-26(5)6)24-22(38-7)25-21(18)27/h8,10,12,17,19H,9,11H2,1-7H3/b23-10+/t12-,17+,19-/m0/s1. The molecule has 0 amide bonds. The topological polar surface area (TPSA) is 178 Å². The van der Waals surface area contributed by atoms with Crippen LogP contribution in [0.4, 0.5) is 11.5 Å². The fourth-order valence-electron chi connectivity index (χ4n) is 3.33. The number of thioether (sulfide) groups is 1. The van der Waals surface area contributed by atoms with Crippen molar-refractivity contribution in [2.75, 3.05) is 27.0 Å². The Labute approximate surface area is 222 Å². The molecular weight excluding hydrogens is 524 g/mol. The molecule has 38 heavy (non-hydrogen) atoms. The Bertz CT molecular complexity index is 1220. The Morgan fingerprint density at radius 2 is 1.84 bits per heavy atom. The number of carbonyl (C=O) groups is 3. The summed E-state index contributed by atoms with van der Waals surface area (Å²) in [5, 5.41) is 12.3. The summed E-state index contributed by atoms with van der Waals surface area (Å²) in [5.41, 5.74) is -0.131. The summed E-state index contributed by atoms with van der Waals surface area (Å²) in [6, 6.07) is 0. The molecule has 0 aliphatic heterocycles. The Hall–Kier alpha value is -3.79. The molecular formula is C22H30N6O9S. The molecule has 0 radical (unpaired) electrons. The lowest BCUT2D eigenvalue weighted by atomic mass is 10.1. The van der Waals surface area contributed by atoms with Crippen LogP contribution >= 0.6 is 11.8 Å². The van der Waals surface area contributed by atoms with E-state index in [-0.39, 0.29) is 35.9 Å². The molecule has 3 atom stereocenters. The summed E-state index contributed by atoms with van der Waals surface area (Å²) >= 11 is 1.22. The predicted molar refractivity (Wildman–Crippen MR) is 136 cm³/mol. The van der Waals surface area contributed by atoms with Crippen LogP contribution in [0, 0.1) is 10.1 Å². The molecule has 2 rings (SSSR count). The molecule has 0 bridgehead atoms. The van der Waals surface area contributed by atoms with Crippen LogP contribution in [-0.2, 0) is 40.1 Å². The average Bonchev–Trinajstić information content (AvgIpc) is 3.19. The summed E-state index contributed by atoms with van der Waals surface area (Å²) in [7, 11) is 3.48. The molecule has 2 aromatic heterocycles. The van der Waals surface area contributed by atoms with Crippen molar-refractivity contribution in [3.8, 4) is 0 Å². The van der Waals surface area contributed by atoms with Crippen LogP contribution in [0.5, 0.6) is 0 Å².